The third kappa shape index (κ3) is 7.13. The lowest BCUT2D eigenvalue weighted by atomic mass is 9.90. The Morgan fingerprint density at radius 2 is 0.800 bits per heavy atom. The molecule has 13 rings (SSSR count). The van der Waals surface area contributed by atoms with E-state index >= 15 is 0 Å². The smallest absolute Gasteiger partial charge is 0.0546 e. The lowest BCUT2D eigenvalue weighted by molar-refractivity contribution is 1.18. The predicted octanol–water partition coefficient (Wildman–Crippen LogP) is 18.9. The van der Waals surface area contributed by atoms with E-state index in [4.69, 9.17) is 0 Å². The molecule has 0 saturated heterocycles. The first-order valence-corrected chi connectivity index (χ1v) is 24.1. The highest BCUT2D eigenvalue weighted by Gasteiger charge is 2.24. The van der Waals surface area contributed by atoms with Crippen LogP contribution in [0, 0.1) is 0 Å². The molecule has 328 valence electrons. The Morgan fingerprint density at radius 1 is 0.257 bits per heavy atom. The van der Waals surface area contributed by atoms with Crippen LogP contribution >= 0.6 is 0 Å². The van der Waals surface area contributed by atoms with Gasteiger partial charge >= 0.3 is 0 Å². The number of hydrogen-bond donors (Lipinski definition) is 0. The van der Waals surface area contributed by atoms with E-state index in [1.165, 1.54) is 71.2 Å². The van der Waals surface area contributed by atoms with E-state index in [2.05, 4.69) is 289 Å². The van der Waals surface area contributed by atoms with E-state index in [9.17, 15) is 0 Å². The lowest BCUT2D eigenvalue weighted by Crippen LogP contribution is -2.13. The number of benzene rings is 12. The van der Waals surface area contributed by atoms with Crippen molar-refractivity contribution in [3.05, 3.63) is 279 Å². The predicted molar refractivity (Wildman–Crippen MR) is 298 cm³/mol. The molecule has 0 bridgehead atoms. The van der Waals surface area contributed by atoms with Crippen LogP contribution in [0.25, 0.3) is 105 Å². The summed E-state index contributed by atoms with van der Waals surface area (Å²) < 4.78 is 2.38. The topological polar surface area (TPSA) is 8.17 Å². The van der Waals surface area contributed by atoms with Crippen LogP contribution in [0.3, 0.4) is 0 Å². The average Bonchev–Trinajstić information content (AvgIpc) is 3.77. The van der Waals surface area contributed by atoms with Crippen LogP contribution in [0.1, 0.15) is 0 Å². The van der Waals surface area contributed by atoms with Crippen molar-refractivity contribution in [2.45, 2.75) is 0 Å². The highest BCUT2D eigenvalue weighted by molar-refractivity contribution is 6.11. The van der Waals surface area contributed by atoms with Gasteiger partial charge in [-0.05, 0) is 121 Å². The SMILES string of the molecule is c1ccc(-c2ccc(-c3cccc4ccccc34)cc2N(c2ccc(-c3ccc4c(c3)c3ccccc3n4-c3ccccc3)cc2)c2ccccc2-c2cccc3cccc(-c4ccccc4)c23)cc1. The summed E-state index contributed by atoms with van der Waals surface area (Å²) in [7, 11) is 0. The van der Waals surface area contributed by atoms with Gasteiger partial charge in [-0.15, -0.1) is 0 Å². The highest BCUT2D eigenvalue weighted by Crippen LogP contribution is 2.49. The fraction of sp³-hybridized carbons (Fsp3) is 0. The molecule has 0 fully saturated rings. The second-order valence-corrected chi connectivity index (χ2v) is 18.0. The van der Waals surface area contributed by atoms with E-state index in [1.54, 1.807) is 0 Å². The summed E-state index contributed by atoms with van der Waals surface area (Å²) in [6.45, 7) is 0. The van der Waals surface area contributed by atoms with Gasteiger partial charge in [0.1, 0.15) is 0 Å². The van der Waals surface area contributed by atoms with Crippen LogP contribution in [0.15, 0.2) is 279 Å². The van der Waals surface area contributed by atoms with E-state index in [0.29, 0.717) is 0 Å². The third-order valence-electron chi connectivity index (χ3n) is 14.0. The summed E-state index contributed by atoms with van der Waals surface area (Å²) in [5.41, 5.74) is 18.5. The van der Waals surface area contributed by atoms with E-state index in [-0.39, 0.29) is 0 Å². The van der Waals surface area contributed by atoms with Crippen molar-refractivity contribution in [2.75, 3.05) is 4.90 Å². The molecular formula is C68H46N2. The molecule has 12 aromatic carbocycles. The number of fused-ring (bicyclic) bond motifs is 5. The number of para-hydroxylation sites is 3. The van der Waals surface area contributed by atoms with Crippen molar-refractivity contribution in [1.29, 1.82) is 0 Å². The van der Waals surface area contributed by atoms with Crippen LogP contribution in [0.5, 0.6) is 0 Å². The molecule has 0 spiro atoms. The largest absolute Gasteiger partial charge is 0.309 e. The Hall–Kier alpha value is -9.24. The second-order valence-electron chi connectivity index (χ2n) is 18.0. The molecule has 2 heteroatoms. The van der Waals surface area contributed by atoms with Crippen molar-refractivity contribution in [2.24, 2.45) is 0 Å². The van der Waals surface area contributed by atoms with E-state index in [1.807, 2.05) is 0 Å². The maximum Gasteiger partial charge on any atom is 0.0546 e. The maximum absolute atomic E-state index is 2.50. The molecule has 13 aromatic rings. The first-order chi connectivity index (χ1) is 34.7. The molecular weight excluding hydrogens is 845 g/mol. The quantitative estimate of drug-likeness (QED) is 0.140. The van der Waals surface area contributed by atoms with Crippen molar-refractivity contribution in [3.8, 4) is 61.3 Å². The Balaban J connectivity index is 1.04. The van der Waals surface area contributed by atoms with Gasteiger partial charge < -0.3 is 9.47 Å². The average molecular weight is 891 g/mol. The zero-order valence-electron chi connectivity index (χ0n) is 38.5. The molecule has 0 aliphatic heterocycles. The second kappa shape index (κ2) is 17.4. The number of hydrogen-bond acceptors (Lipinski definition) is 1. The minimum atomic E-state index is 1.06. The van der Waals surface area contributed by atoms with Gasteiger partial charge in [0.15, 0.2) is 0 Å². The maximum atomic E-state index is 2.50. The Kier molecular flexibility index (Phi) is 10.2. The monoisotopic (exact) mass is 890 g/mol. The summed E-state index contributed by atoms with van der Waals surface area (Å²) in [4.78, 5) is 2.50. The molecule has 1 heterocycles. The molecule has 0 aliphatic rings. The van der Waals surface area contributed by atoms with Crippen molar-refractivity contribution >= 4 is 60.4 Å². The fourth-order valence-electron chi connectivity index (χ4n) is 10.8. The standard InChI is InChI=1S/C68H46N2/c1-4-19-49(20-5-1)58-43-39-53(57-32-16-24-48-23-10-11-29-56(48)57)46-67(58)70(64-35-14-12-30-60(64)62-34-18-26-51-25-17-33-59(68(51)62)50-21-6-2-7-22-50)55-41-37-47(38-42-55)52-40-44-66-63(45-52)61-31-13-15-36-65(61)69(66)54-27-8-3-9-28-54/h1-46H. The molecule has 0 radical (unpaired) electrons. The summed E-state index contributed by atoms with van der Waals surface area (Å²) in [6, 6.07) is 102. The van der Waals surface area contributed by atoms with Crippen LogP contribution in [0.2, 0.25) is 0 Å². The summed E-state index contributed by atoms with van der Waals surface area (Å²) in [5, 5.41) is 7.37. The molecule has 0 saturated carbocycles. The minimum absolute atomic E-state index is 1.06. The van der Waals surface area contributed by atoms with Crippen molar-refractivity contribution in [3.63, 3.8) is 0 Å². The zero-order valence-corrected chi connectivity index (χ0v) is 38.5. The van der Waals surface area contributed by atoms with Crippen molar-refractivity contribution in [1.82, 2.24) is 4.57 Å². The molecule has 0 unspecified atom stereocenters. The van der Waals surface area contributed by atoms with Gasteiger partial charge in [-0.1, -0.05) is 224 Å². The molecule has 0 aliphatic carbocycles. The number of anilines is 3. The van der Waals surface area contributed by atoms with Gasteiger partial charge in [0.2, 0.25) is 0 Å². The first kappa shape index (κ1) is 41.0. The summed E-state index contributed by atoms with van der Waals surface area (Å²) in [5.74, 6) is 0. The normalized spacial score (nSPS) is 11.4. The molecule has 0 N–H and O–H groups in total. The molecule has 1 aromatic heterocycles. The van der Waals surface area contributed by atoms with Crippen molar-refractivity contribution < 1.29 is 0 Å². The molecule has 0 atom stereocenters. The Morgan fingerprint density at radius 3 is 1.57 bits per heavy atom. The van der Waals surface area contributed by atoms with Crippen LogP contribution in [-0.4, -0.2) is 4.57 Å². The van der Waals surface area contributed by atoms with Gasteiger partial charge in [-0.3, -0.25) is 0 Å². The first-order valence-electron chi connectivity index (χ1n) is 24.1. The Bertz CT molecular complexity index is 4030. The van der Waals surface area contributed by atoms with Gasteiger partial charge in [0, 0.05) is 33.3 Å². The summed E-state index contributed by atoms with van der Waals surface area (Å²) >= 11 is 0. The van der Waals surface area contributed by atoms with Gasteiger partial charge in [0.25, 0.3) is 0 Å². The van der Waals surface area contributed by atoms with Crippen LogP contribution in [-0.2, 0) is 0 Å². The zero-order chi connectivity index (χ0) is 46.4. The molecule has 70 heavy (non-hydrogen) atoms. The third-order valence-corrected chi connectivity index (χ3v) is 14.0. The van der Waals surface area contributed by atoms with Crippen LogP contribution < -0.4 is 4.90 Å². The fourth-order valence-corrected chi connectivity index (χ4v) is 10.8. The minimum Gasteiger partial charge on any atom is -0.309 e. The Labute approximate surface area is 408 Å². The number of rotatable bonds is 9. The molecule has 2 nitrogen and oxygen atoms in total. The highest BCUT2D eigenvalue weighted by atomic mass is 15.1. The van der Waals surface area contributed by atoms with E-state index in [0.717, 1.165) is 50.6 Å². The number of aromatic nitrogens is 1. The number of nitrogens with zero attached hydrogens (tertiary/aromatic N) is 2. The van der Waals surface area contributed by atoms with Gasteiger partial charge in [-0.25, -0.2) is 0 Å². The van der Waals surface area contributed by atoms with E-state index < -0.39 is 0 Å². The lowest BCUT2D eigenvalue weighted by Gasteiger charge is -2.31. The van der Waals surface area contributed by atoms with Gasteiger partial charge in [-0.2, -0.15) is 0 Å². The molecule has 0 amide bonds. The summed E-state index contributed by atoms with van der Waals surface area (Å²) in [6.07, 6.45) is 0. The van der Waals surface area contributed by atoms with Gasteiger partial charge in [0.05, 0.1) is 22.4 Å². The van der Waals surface area contributed by atoms with Crippen LogP contribution in [0.4, 0.5) is 17.1 Å².